The van der Waals surface area contributed by atoms with E-state index in [1.165, 1.54) is 0 Å². The van der Waals surface area contributed by atoms with Crippen molar-refractivity contribution in [3.05, 3.63) is 65.7 Å². The molecule has 2 aromatic carbocycles. The number of primary amides is 1. The topological polar surface area (TPSA) is 76.1 Å². The number of amides is 1. The van der Waals surface area contributed by atoms with E-state index in [9.17, 15) is 4.79 Å². The molecule has 0 saturated heterocycles. The van der Waals surface area contributed by atoms with Gasteiger partial charge < -0.3 is 10.5 Å². The van der Waals surface area contributed by atoms with Crippen molar-refractivity contribution in [1.82, 2.24) is 0 Å². The predicted octanol–water partition coefficient (Wildman–Crippen LogP) is 2.36. The molecule has 1 unspecified atom stereocenters. The van der Waals surface area contributed by atoms with Crippen molar-refractivity contribution >= 4 is 5.91 Å². The Labute approximate surface area is 117 Å². The normalized spacial score (nSPS) is 11.3. The highest BCUT2D eigenvalue weighted by molar-refractivity contribution is 5.84. The summed E-state index contributed by atoms with van der Waals surface area (Å²) >= 11 is 0. The third-order valence-electron chi connectivity index (χ3n) is 2.88. The number of carbonyl (C=O) groups excluding carboxylic acids is 1. The number of hydrogen-bond donors (Lipinski definition) is 1. The van der Waals surface area contributed by atoms with Gasteiger partial charge in [-0.15, -0.1) is 0 Å². The maximum atomic E-state index is 11.1. The van der Waals surface area contributed by atoms with Crippen molar-refractivity contribution in [1.29, 1.82) is 5.26 Å². The molecule has 0 aliphatic rings. The van der Waals surface area contributed by atoms with Crippen LogP contribution in [0.3, 0.4) is 0 Å². The molecule has 20 heavy (non-hydrogen) atoms. The molecule has 4 heteroatoms. The van der Waals surface area contributed by atoms with Gasteiger partial charge >= 0.3 is 0 Å². The van der Waals surface area contributed by atoms with Crippen LogP contribution in [0.5, 0.6) is 5.75 Å². The van der Waals surface area contributed by atoms with E-state index in [4.69, 9.17) is 15.7 Å². The first-order valence-electron chi connectivity index (χ1n) is 6.16. The Bertz CT molecular complexity index is 615. The Hall–Kier alpha value is -2.80. The van der Waals surface area contributed by atoms with Crippen LogP contribution in [0, 0.1) is 11.3 Å². The summed E-state index contributed by atoms with van der Waals surface area (Å²) in [4.78, 5) is 11.1. The molecule has 0 aliphatic carbocycles. The molecule has 2 rings (SSSR count). The number of benzene rings is 2. The fourth-order valence-corrected chi connectivity index (χ4v) is 1.80. The minimum atomic E-state index is -0.918. The molecule has 0 fully saturated rings. The highest BCUT2D eigenvalue weighted by Crippen LogP contribution is 2.19. The van der Waals surface area contributed by atoms with Crippen molar-refractivity contribution < 1.29 is 9.53 Å². The molecule has 2 aromatic rings. The molecule has 0 saturated carbocycles. The lowest BCUT2D eigenvalue weighted by Gasteiger charge is -2.08. The quantitative estimate of drug-likeness (QED) is 0.902. The van der Waals surface area contributed by atoms with Gasteiger partial charge in [-0.2, -0.15) is 5.26 Å². The smallest absolute Gasteiger partial charge is 0.239 e. The number of carbonyl (C=O) groups is 1. The first-order valence-corrected chi connectivity index (χ1v) is 6.16. The van der Waals surface area contributed by atoms with Crippen LogP contribution in [0.25, 0.3) is 0 Å². The maximum Gasteiger partial charge on any atom is 0.239 e. The summed E-state index contributed by atoms with van der Waals surface area (Å²) in [6.45, 7) is 0.470. The van der Waals surface area contributed by atoms with E-state index in [2.05, 4.69) is 0 Å². The fraction of sp³-hybridized carbons (Fsp3) is 0.125. The summed E-state index contributed by atoms with van der Waals surface area (Å²) in [5.74, 6) is -0.887. The van der Waals surface area contributed by atoms with E-state index in [-0.39, 0.29) is 0 Å². The Morgan fingerprint density at radius 2 is 1.80 bits per heavy atom. The van der Waals surface area contributed by atoms with Crippen LogP contribution < -0.4 is 10.5 Å². The zero-order chi connectivity index (χ0) is 14.4. The highest BCUT2D eigenvalue weighted by atomic mass is 16.5. The second kappa shape index (κ2) is 6.39. The van der Waals surface area contributed by atoms with Crippen molar-refractivity contribution in [2.45, 2.75) is 12.5 Å². The van der Waals surface area contributed by atoms with Crippen LogP contribution in [0.15, 0.2) is 54.6 Å². The first-order chi connectivity index (χ1) is 9.70. The van der Waals surface area contributed by atoms with Gasteiger partial charge in [-0.1, -0.05) is 42.5 Å². The number of rotatable bonds is 5. The van der Waals surface area contributed by atoms with Crippen LogP contribution in [0.1, 0.15) is 17.0 Å². The Kier molecular flexibility index (Phi) is 4.35. The molecular formula is C16H14N2O2. The summed E-state index contributed by atoms with van der Waals surface area (Å²) in [6.07, 6.45) is 0. The molecule has 4 nitrogen and oxygen atoms in total. The average molecular weight is 266 g/mol. The van der Waals surface area contributed by atoms with Crippen molar-refractivity contribution in [2.75, 3.05) is 0 Å². The fourth-order valence-electron chi connectivity index (χ4n) is 1.80. The highest BCUT2D eigenvalue weighted by Gasteiger charge is 2.16. The van der Waals surface area contributed by atoms with E-state index in [0.717, 1.165) is 5.56 Å². The number of hydrogen-bond acceptors (Lipinski definition) is 3. The monoisotopic (exact) mass is 266 g/mol. The lowest BCUT2D eigenvalue weighted by Crippen LogP contribution is -2.19. The molecule has 0 bridgehead atoms. The van der Waals surface area contributed by atoms with E-state index in [1.807, 2.05) is 36.4 Å². The van der Waals surface area contributed by atoms with Gasteiger partial charge in [-0.25, -0.2) is 0 Å². The van der Waals surface area contributed by atoms with E-state index in [0.29, 0.717) is 17.9 Å². The van der Waals surface area contributed by atoms with Crippen LogP contribution in [0.4, 0.5) is 0 Å². The van der Waals surface area contributed by atoms with E-state index in [1.54, 1.807) is 24.3 Å². The zero-order valence-electron chi connectivity index (χ0n) is 10.8. The van der Waals surface area contributed by atoms with Gasteiger partial charge in [-0.05, 0) is 23.3 Å². The van der Waals surface area contributed by atoms with Gasteiger partial charge in [0.2, 0.25) is 5.91 Å². The van der Waals surface area contributed by atoms with Gasteiger partial charge in [-0.3, -0.25) is 4.79 Å². The van der Waals surface area contributed by atoms with Gasteiger partial charge in [0.25, 0.3) is 0 Å². The summed E-state index contributed by atoms with van der Waals surface area (Å²) in [5.41, 5.74) is 6.81. The number of nitrogens with two attached hydrogens (primary N) is 1. The molecule has 1 amide bonds. The minimum absolute atomic E-state index is 0.470. The van der Waals surface area contributed by atoms with Gasteiger partial charge in [0, 0.05) is 0 Å². The zero-order valence-corrected chi connectivity index (χ0v) is 10.8. The summed E-state index contributed by atoms with van der Waals surface area (Å²) in [5, 5.41) is 8.89. The molecule has 0 spiro atoms. The molecule has 0 radical (unpaired) electrons. The molecule has 1 atom stereocenters. The molecule has 0 heterocycles. The van der Waals surface area contributed by atoms with Crippen LogP contribution in [-0.2, 0) is 11.4 Å². The maximum absolute atomic E-state index is 11.1. The Morgan fingerprint density at radius 3 is 2.35 bits per heavy atom. The number of nitrogens with zero attached hydrogens (tertiary/aromatic N) is 1. The van der Waals surface area contributed by atoms with E-state index >= 15 is 0 Å². The van der Waals surface area contributed by atoms with E-state index < -0.39 is 11.8 Å². The van der Waals surface area contributed by atoms with Crippen LogP contribution >= 0.6 is 0 Å². The predicted molar refractivity (Wildman–Crippen MR) is 74.8 cm³/mol. The van der Waals surface area contributed by atoms with Gasteiger partial charge in [0.05, 0.1) is 6.07 Å². The van der Waals surface area contributed by atoms with Crippen molar-refractivity contribution in [3.63, 3.8) is 0 Å². The lowest BCUT2D eigenvalue weighted by atomic mass is 10.0. The molecule has 100 valence electrons. The summed E-state index contributed by atoms with van der Waals surface area (Å²) in [6, 6.07) is 18.5. The lowest BCUT2D eigenvalue weighted by molar-refractivity contribution is -0.118. The number of nitriles is 1. The van der Waals surface area contributed by atoms with Crippen molar-refractivity contribution in [2.24, 2.45) is 5.73 Å². The molecular weight excluding hydrogens is 252 g/mol. The second-order valence-electron chi connectivity index (χ2n) is 4.31. The first kappa shape index (κ1) is 13.6. The molecule has 2 N–H and O–H groups in total. The minimum Gasteiger partial charge on any atom is -0.489 e. The molecule has 0 aromatic heterocycles. The number of ether oxygens (including phenoxy) is 1. The third kappa shape index (κ3) is 3.36. The van der Waals surface area contributed by atoms with Crippen molar-refractivity contribution in [3.8, 4) is 11.8 Å². The Balaban J connectivity index is 2.02. The third-order valence-corrected chi connectivity index (χ3v) is 2.88. The van der Waals surface area contributed by atoms with Gasteiger partial charge in [0.1, 0.15) is 18.3 Å². The average Bonchev–Trinajstić information content (AvgIpc) is 2.48. The van der Waals surface area contributed by atoms with Crippen LogP contribution in [-0.4, -0.2) is 5.91 Å². The largest absolute Gasteiger partial charge is 0.489 e. The standard InChI is InChI=1S/C16H14N2O2/c17-10-15(16(18)19)13-6-8-14(9-7-13)20-11-12-4-2-1-3-5-12/h1-9,15H,11H2,(H2,18,19). The SMILES string of the molecule is N#CC(C(N)=O)c1ccc(OCc2ccccc2)cc1. The second-order valence-corrected chi connectivity index (χ2v) is 4.31. The summed E-state index contributed by atoms with van der Waals surface area (Å²) < 4.78 is 5.62. The Morgan fingerprint density at radius 1 is 1.15 bits per heavy atom. The molecule has 0 aliphatic heterocycles. The summed E-state index contributed by atoms with van der Waals surface area (Å²) in [7, 11) is 0. The van der Waals surface area contributed by atoms with Crippen LogP contribution in [0.2, 0.25) is 0 Å². The van der Waals surface area contributed by atoms with Gasteiger partial charge in [0.15, 0.2) is 0 Å².